The van der Waals surface area contributed by atoms with Gasteiger partial charge in [0.05, 0.1) is 7.11 Å². The van der Waals surface area contributed by atoms with E-state index in [0.29, 0.717) is 0 Å². The maximum absolute atomic E-state index is 13.4. The summed E-state index contributed by atoms with van der Waals surface area (Å²) < 4.78 is 15.2. The number of benzene rings is 1. The lowest BCUT2D eigenvalue weighted by atomic mass is 10.1. The third kappa shape index (κ3) is 6.66. The molecule has 0 radical (unpaired) electrons. The van der Waals surface area contributed by atoms with Gasteiger partial charge in [0.25, 0.3) is 11.8 Å². The van der Waals surface area contributed by atoms with Crippen molar-refractivity contribution in [1.29, 1.82) is 0 Å². The van der Waals surface area contributed by atoms with Gasteiger partial charge in [0, 0.05) is 38.2 Å². The summed E-state index contributed by atoms with van der Waals surface area (Å²) in [5.74, 6) is -4.10. The van der Waals surface area contributed by atoms with Gasteiger partial charge < -0.3 is 24.4 Å². The van der Waals surface area contributed by atoms with Crippen LogP contribution in [0.5, 0.6) is 0 Å². The van der Waals surface area contributed by atoms with E-state index in [1.807, 2.05) is 29.6 Å². The third-order valence-electron chi connectivity index (χ3n) is 5.30. The molecule has 11 heteroatoms. The summed E-state index contributed by atoms with van der Waals surface area (Å²) in [4.78, 5) is 64.9. The number of thiophene rings is 1. The Labute approximate surface area is 206 Å². The van der Waals surface area contributed by atoms with E-state index < -0.39 is 48.0 Å². The van der Waals surface area contributed by atoms with Gasteiger partial charge in [0.15, 0.2) is 0 Å². The van der Waals surface area contributed by atoms with Gasteiger partial charge in [0.1, 0.15) is 6.04 Å². The van der Waals surface area contributed by atoms with Crippen molar-refractivity contribution >= 4 is 41.1 Å². The molecule has 1 unspecified atom stereocenters. The van der Waals surface area contributed by atoms with Crippen LogP contribution in [0.2, 0.25) is 0 Å². The van der Waals surface area contributed by atoms with E-state index in [2.05, 4.69) is 5.32 Å². The van der Waals surface area contributed by atoms with E-state index in [-0.39, 0.29) is 19.5 Å². The normalized spacial score (nSPS) is 14.8. The second-order valence-corrected chi connectivity index (χ2v) is 8.92. The first-order chi connectivity index (χ1) is 16.7. The molecule has 0 bridgehead atoms. The second kappa shape index (κ2) is 11.6. The fourth-order valence-corrected chi connectivity index (χ4v) is 4.49. The topological polar surface area (TPSA) is 128 Å². The summed E-state index contributed by atoms with van der Waals surface area (Å²) in [6, 6.07) is 9.87. The first kappa shape index (κ1) is 25.9. The molecule has 1 aliphatic rings. The summed E-state index contributed by atoms with van der Waals surface area (Å²) >= 11 is 1.38. The van der Waals surface area contributed by atoms with E-state index in [0.717, 1.165) is 29.9 Å². The summed E-state index contributed by atoms with van der Waals surface area (Å²) in [7, 11) is 1.18. The lowest BCUT2D eigenvalue weighted by Crippen LogP contribution is -2.56. The zero-order valence-corrected chi connectivity index (χ0v) is 20.3. The summed E-state index contributed by atoms with van der Waals surface area (Å²) in [5, 5.41) is 4.30. The van der Waals surface area contributed by atoms with Gasteiger partial charge in [-0.25, -0.2) is 4.79 Å². The van der Waals surface area contributed by atoms with Crippen molar-refractivity contribution in [2.24, 2.45) is 0 Å². The van der Waals surface area contributed by atoms with Crippen molar-refractivity contribution in [2.75, 3.05) is 7.11 Å². The smallest absolute Gasteiger partial charge is 0.328 e. The molecule has 0 fully saturated rings. The molecule has 1 aromatic heterocycles. The van der Waals surface area contributed by atoms with Crippen LogP contribution in [0.25, 0.3) is 0 Å². The highest BCUT2D eigenvalue weighted by molar-refractivity contribution is 7.09. The van der Waals surface area contributed by atoms with Crippen LogP contribution in [-0.2, 0) is 57.7 Å². The molecule has 10 nitrogen and oxygen atoms in total. The Morgan fingerprint density at radius 1 is 0.943 bits per heavy atom. The first-order valence-corrected chi connectivity index (χ1v) is 11.7. The number of nitrogens with zero attached hydrogens (tertiary/aromatic N) is 1. The van der Waals surface area contributed by atoms with Gasteiger partial charge in [-0.1, -0.05) is 30.3 Å². The minimum absolute atomic E-state index is 0.122. The fraction of sp³-hybridized carbons (Fsp3) is 0.375. The van der Waals surface area contributed by atoms with Gasteiger partial charge in [-0.3, -0.25) is 19.2 Å². The molecule has 0 saturated heterocycles. The molecule has 1 aromatic carbocycles. The van der Waals surface area contributed by atoms with Gasteiger partial charge in [-0.05, 0) is 22.6 Å². The van der Waals surface area contributed by atoms with E-state index in [4.69, 9.17) is 14.2 Å². The first-order valence-electron chi connectivity index (χ1n) is 10.8. The van der Waals surface area contributed by atoms with Gasteiger partial charge in [-0.2, -0.15) is 0 Å². The monoisotopic (exact) mass is 502 g/mol. The standard InChI is InChI=1S/C24H26N2O8S/c1-14(27)33-20(22(29)25-19(24(31)32-3)11-18-9-6-10-35-18)21(34-15(2)28)23(30)26-12-16-7-4-5-8-17(16)13-26/h4-10,19-21H,11-13H2,1-3H3,(H,25,29)/t19?,20-,21-/m1/s1. The van der Waals surface area contributed by atoms with E-state index in [1.165, 1.54) is 23.3 Å². The molecule has 1 aliphatic heterocycles. The van der Waals surface area contributed by atoms with Crippen LogP contribution in [-0.4, -0.2) is 60.0 Å². The minimum atomic E-state index is -1.82. The number of rotatable bonds is 9. The van der Waals surface area contributed by atoms with E-state index in [9.17, 15) is 24.0 Å². The average molecular weight is 503 g/mol. The Balaban J connectivity index is 1.85. The number of ether oxygens (including phenoxy) is 3. The lowest BCUT2D eigenvalue weighted by molar-refractivity contribution is -0.178. The molecule has 0 spiro atoms. The van der Waals surface area contributed by atoms with Gasteiger partial charge in [-0.15, -0.1) is 11.3 Å². The van der Waals surface area contributed by atoms with Gasteiger partial charge in [0.2, 0.25) is 12.2 Å². The number of fused-ring (bicyclic) bond motifs is 1. The highest BCUT2D eigenvalue weighted by Gasteiger charge is 2.43. The number of hydrogen-bond donors (Lipinski definition) is 1. The Hall–Kier alpha value is -3.73. The number of carbonyl (C=O) groups excluding carboxylic acids is 5. The SMILES string of the molecule is COC(=O)C(Cc1cccs1)NC(=O)[C@H](OC(C)=O)[C@@H](OC(C)=O)C(=O)N1Cc2ccccc2C1. The Bertz CT molecular complexity index is 1080. The molecular weight excluding hydrogens is 476 g/mol. The second-order valence-electron chi connectivity index (χ2n) is 7.89. The Kier molecular flexibility index (Phi) is 8.58. The molecule has 0 aliphatic carbocycles. The highest BCUT2D eigenvalue weighted by Crippen LogP contribution is 2.24. The highest BCUT2D eigenvalue weighted by atomic mass is 32.1. The van der Waals surface area contributed by atoms with Gasteiger partial charge >= 0.3 is 17.9 Å². The van der Waals surface area contributed by atoms with Crippen molar-refractivity contribution in [3.8, 4) is 0 Å². The minimum Gasteiger partial charge on any atom is -0.467 e. The van der Waals surface area contributed by atoms with Crippen LogP contribution in [0, 0.1) is 0 Å². The Morgan fingerprint density at radius 3 is 2.06 bits per heavy atom. The molecule has 2 heterocycles. The quantitative estimate of drug-likeness (QED) is 0.402. The van der Waals surface area contributed by atoms with Crippen LogP contribution in [0.1, 0.15) is 29.9 Å². The predicted octanol–water partition coefficient (Wildman–Crippen LogP) is 1.35. The number of esters is 3. The molecule has 3 rings (SSSR count). The number of amides is 2. The van der Waals surface area contributed by atoms with Crippen molar-refractivity contribution in [2.45, 2.75) is 51.6 Å². The molecule has 3 atom stereocenters. The van der Waals surface area contributed by atoms with E-state index >= 15 is 0 Å². The van der Waals surface area contributed by atoms with Crippen molar-refractivity contribution in [3.05, 3.63) is 57.8 Å². The summed E-state index contributed by atoms with van der Waals surface area (Å²) in [5.41, 5.74) is 1.83. The molecule has 2 aromatic rings. The molecule has 0 saturated carbocycles. The molecular formula is C24H26N2O8S. The third-order valence-corrected chi connectivity index (χ3v) is 6.20. The van der Waals surface area contributed by atoms with Crippen molar-refractivity contribution in [1.82, 2.24) is 10.2 Å². The average Bonchev–Trinajstić information content (AvgIpc) is 3.49. The maximum Gasteiger partial charge on any atom is 0.328 e. The molecule has 1 N–H and O–H groups in total. The van der Waals surface area contributed by atoms with Crippen LogP contribution >= 0.6 is 11.3 Å². The van der Waals surface area contributed by atoms with Crippen molar-refractivity contribution < 1.29 is 38.2 Å². The maximum atomic E-state index is 13.4. The summed E-state index contributed by atoms with van der Waals surface area (Å²) in [6.45, 7) is 2.62. The van der Waals surface area contributed by atoms with E-state index in [1.54, 1.807) is 12.1 Å². The Morgan fingerprint density at radius 2 is 1.54 bits per heavy atom. The molecule has 2 amide bonds. The fourth-order valence-electron chi connectivity index (χ4n) is 3.74. The molecule has 186 valence electrons. The van der Waals surface area contributed by atoms with Crippen LogP contribution in [0.15, 0.2) is 41.8 Å². The number of hydrogen-bond acceptors (Lipinski definition) is 9. The largest absolute Gasteiger partial charge is 0.467 e. The number of carbonyl (C=O) groups is 5. The molecule has 35 heavy (non-hydrogen) atoms. The van der Waals surface area contributed by atoms with Crippen LogP contribution in [0.4, 0.5) is 0 Å². The van der Waals surface area contributed by atoms with Crippen molar-refractivity contribution in [3.63, 3.8) is 0 Å². The zero-order chi connectivity index (χ0) is 25.5. The van der Waals surface area contributed by atoms with Crippen LogP contribution in [0.3, 0.4) is 0 Å². The number of nitrogens with one attached hydrogen (secondary N) is 1. The number of methoxy groups -OCH3 is 1. The zero-order valence-electron chi connectivity index (χ0n) is 19.5. The van der Waals surface area contributed by atoms with Crippen LogP contribution < -0.4 is 5.32 Å². The predicted molar refractivity (Wildman–Crippen MR) is 124 cm³/mol. The lowest BCUT2D eigenvalue weighted by Gasteiger charge is -2.29. The summed E-state index contributed by atoms with van der Waals surface area (Å²) in [6.07, 6.45) is -3.44.